The lowest BCUT2D eigenvalue weighted by molar-refractivity contribution is 0.299. The predicted octanol–water partition coefficient (Wildman–Crippen LogP) is 0.847. The van der Waals surface area contributed by atoms with Gasteiger partial charge in [0.2, 0.25) is 11.9 Å². The van der Waals surface area contributed by atoms with Crippen LogP contribution in [0.4, 0.5) is 11.9 Å². The van der Waals surface area contributed by atoms with E-state index in [4.69, 9.17) is 15.6 Å². The van der Waals surface area contributed by atoms with E-state index in [9.17, 15) is 0 Å². The second-order valence-electron chi connectivity index (χ2n) is 4.39. The second kappa shape index (κ2) is 6.16. The number of nitrogens with zero attached hydrogens (tertiary/aromatic N) is 4. The zero-order valence-corrected chi connectivity index (χ0v) is 11.4. The molecule has 0 aliphatic heterocycles. The first kappa shape index (κ1) is 14.0. The summed E-state index contributed by atoms with van der Waals surface area (Å²) >= 11 is 0. The van der Waals surface area contributed by atoms with Crippen LogP contribution in [0.3, 0.4) is 0 Å². The van der Waals surface area contributed by atoms with Crippen molar-refractivity contribution in [3.63, 3.8) is 0 Å². The summed E-state index contributed by atoms with van der Waals surface area (Å²) in [6.07, 6.45) is 0.615. The standard InChI is InChI=1S/C13H17N5O2/c1-18(2)12-15-11(14)16-13(17-12)20-10-5-3-9(4-6-10)7-8-19/h3-6,19H,7-8H2,1-2H3,(H2,14,15,16,17). The maximum atomic E-state index is 8.86. The van der Waals surface area contributed by atoms with Crippen molar-refractivity contribution in [2.24, 2.45) is 0 Å². The van der Waals surface area contributed by atoms with Gasteiger partial charge in [0.15, 0.2) is 0 Å². The van der Waals surface area contributed by atoms with Crippen molar-refractivity contribution in [2.45, 2.75) is 6.42 Å². The van der Waals surface area contributed by atoms with Crippen molar-refractivity contribution < 1.29 is 9.84 Å². The molecule has 2 rings (SSSR count). The number of hydrogen-bond donors (Lipinski definition) is 2. The molecule has 0 aliphatic carbocycles. The maximum absolute atomic E-state index is 8.86. The number of ether oxygens (including phenoxy) is 1. The molecule has 7 nitrogen and oxygen atoms in total. The molecule has 0 fully saturated rings. The Morgan fingerprint density at radius 1 is 1.15 bits per heavy atom. The Morgan fingerprint density at radius 3 is 2.45 bits per heavy atom. The van der Waals surface area contributed by atoms with E-state index in [1.165, 1.54) is 0 Å². The molecular weight excluding hydrogens is 258 g/mol. The van der Waals surface area contributed by atoms with Crippen LogP contribution in [0.25, 0.3) is 0 Å². The van der Waals surface area contributed by atoms with Gasteiger partial charge in [0.1, 0.15) is 5.75 Å². The number of aliphatic hydroxyl groups is 1. The Kier molecular flexibility index (Phi) is 4.31. The Morgan fingerprint density at radius 2 is 1.85 bits per heavy atom. The minimum atomic E-state index is 0.107. The van der Waals surface area contributed by atoms with Crippen molar-refractivity contribution in [3.05, 3.63) is 29.8 Å². The lowest BCUT2D eigenvalue weighted by atomic mass is 10.1. The quantitative estimate of drug-likeness (QED) is 0.834. The van der Waals surface area contributed by atoms with E-state index in [2.05, 4.69) is 15.0 Å². The second-order valence-corrected chi connectivity index (χ2v) is 4.39. The fourth-order valence-electron chi connectivity index (χ4n) is 1.57. The number of aliphatic hydroxyl groups excluding tert-OH is 1. The topological polar surface area (TPSA) is 97.4 Å². The molecule has 0 saturated heterocycles. The number of rotatable bonds is 5. The van der Waals surface area contributed by atoms with Crippen molar-refractivity contribution in [1.29, 1.82) is 0 Å². The molecule has 0 spiro atoms. The first-order chi connectivity index (χ1) is 9.58. The molecule has 0 amide bonds. The molecule has 1 aromatic heterocycles. The summed E-state index contributed by atoms with van der Waals surface area (Å²) in [5.41, 5.74) is 6.65. The van der Waals surface area contributed by atoms with Crippen LogP contribution in [-0.2, 0) is 6.42 Å². The zero-order valence-electron chi connectivity index (χ0n) is 11.4. The van der Waals surface area contributed by atoms with E-state index < -0.39 is 0 Å². The van der Waals surface area contributed by atoms with Gasteiger partial charge < -0.3 is 20.5 Å². The highest BCUT2D eigenvalue weighted by Crippen LogP contribution is 2.20. The van der Waals surface area contributed by atoms with Crippen molar-refractivity contribution in [3.8, 4) is 11.8 Å². The first-order valence-corrected chi connectivity index (χ1v) is 6.15. The third kappa shape index (κ3) is 3.55. The Labute approximate surface area is 117 Å². The average molecular weight is 275 g/mol. The fourth-order valence-corrected chi connectivity index (χ4v) is 1.57. The van der Waals surface area contributed by atoms with Crippen LogP contribution >= 0.6 is 0 Å². The highest BCUT2D eigenvalue weighted by molar-refractivity contribution is 5.36. The fraction of sp³-hybridized carbons (Fsp3) is 0.308. The summed E-state index contributed by atoms with van der Waals surface area (Å²) in [6.45, 7) is 0.121. The van der Waals surface area contributed by atoms with Gasteiger partial charge in [-0.3, -0.25) is 0 Å². The molecule has 106 valence electrons. The summed E-state index contributed by atoms with van der Waals surface area (Å²) < 4.78 is 5.55. The monoisotopic (exact) mass is 275 g/mol. The van der Waals surface area contributed by atoms with E-state index in [0.717, 1.165) is 5.56 Å². The highest BCUT2D eigenvalue weighted by Gasteiger charge is 2.08. The molecule has 1 heterocycles. The molecule has 1 aromatic carbocycles. The molecule has 0 aliphatic rings. The molecule has 0 radical (unpaired) electrons. The smallest absolute Gasteiger partial charge is 0.328 e. The zero-order chi connectivity index (χ0) is 14.5. The highest BCUT2D eigenvalue weighted by atomic mass is 16.5. The largest absolute Gasteiger partial charge is 0.424 e. The van der Waals surface area contributed by atoms with Crippen LogP contribution in [0.15, 0.2) is 24.3 Å². The Hall–Kier alpha value is -2.41. The molecule has 2 aromatic rings. The Bertz CT molecular complexity index is 571. The Balaban J connectivity index is 2.16. The van der Waals surface area contributed by atoms with Gasteiger partial charge in [-0.25, -0.2) is 0 Å². The van der Waals surface area contributed by atoms with Crippen molar-refractivity contribution in [1.82, 2.24) is 15.0 Å². The number of benzene rings is 1. The molecule has 20 heavy (non-hydrogen) atoms. The summed E-state index contributed by atoms with van der Waals surface area (Å²) in [5, 5.41) is 8.86. The third-order valence-corrected chi connectivity index (χ3v) is 2.55. The minimum absolute atomic E-state index is 0.107. The van der Waals surface area contributed by atoms with Gasteiger partial charge in [-0.1, -0.05) is 12.1 Å². The predicted molar refractivity (Wildman–Crippen MR) is 75.9 cm³/mol. The summed E-state index contributed by atoms with van der Waals surface area (Å²) in [7, 11) is 3.62. The third-order valence-electron chi connectivity index (χ3n) is 2.55. The minimum Gasteiger partial charge on any atom is -0.424 e. The van der Waals surface area contributed by atoms with E-state index >= 15 is 0 Å². The van der Waals surface area contributed by atoms with Crippen molar-refractivity contribution >= 4 is 11.9 Å². The summed E-state index contributed by atoms with van der Waals surface area (Å²) in [5.74, 6) is 1.14. The molecule has 3 N–H and O–H groups in total. The van der Waals surface area contributed by atoms with Crippen LogP contribution < -0.4 is 15.4 Å². The molecule has 0 atom stereocenters. The van der Waals surface area contributed by atoms with Crippen LogP contribution in [0.1, 0.15) is 5.56 Å². The maximum Gasteiger partial charge on any atom is 0.328 e. The van der Waals surface area contributed by atoms with E-state index in [0.29, 0.717) is 18.1 Å². The van der Waals surface area contributed by atoms with Gasteiger partial charge in [0.05, 0.1) is 0 Å². The average Bonchev–Trinajstić information content (AvgIpc) is 2.40. The van der Waals surface area contributed by atoms with Crippen LogP contribution in [0, 0.1) is 0 Å². The van der Waals surface area contributed by atoms with Gasteiger partial charge in [-0.05, 0) is 24.1 Å². The summed E-state index contributed by atoms with van der Waals surface area (Å²) in [4.78, 5) is 13.8. The number of hydrogen-bond acceptors (Lipinski definition) is 7. The van der Waals surface area contributed by atoms with E-state index in [1.807, 2.05) is 26.2 Å². The number of anilines is 2. The summed E-state index contributed by atoms with van der Waals surface area (Å²) in [6, 6.07) is 7.49. The van der Waals surface area contributed by atoms with E-state index in [1.54, 1.807) is 17.0 Å². The van der Waals surface area contributed by atoms with Gasteiger partial charge in [0, 0.05) is 20.7 Å². The van der Waals surface area contributed by atoms with Gasteiger partial charge in [-0.15, -0.1) is 0 Å². The number of aromatic nitrogens is 3. The lowest BCUT2D eigenvalue weighted by Crippen LogP contribution is -2.15. The lowest BCUT2D eigenvalue weighted by Gasteiger charge is -2.11. The number of nitrogens with two attached hydrogens (primary N) is 1. The van der Waals surface area contributed by atoms with Gasteiger partial charge in [-0.2, -0.15) is 15.0 Å². The van der Waals surface area contributed by atoms with Crippen LogP contribution in [0.5, 0.6) is 11.8 Å². The molecular formula is C13H17N5O2. The van der Waals surface area contributed by atoms with Gasteiger partial charge >= 0.3 is 6.01 Å². The first-order valence-electron chi connectivity index (χ1n) is 6.15. The normalized spacial score (nSPS) is 10.3. The van der Waals surface area contributed by atoms with E-state index in [-0.39, 0.29) is 18.6 Å². The molecule has 0 saturated carbocycles. The number of nitrogen functional groups attached to an aromatic ring is 1. The van der Waals surface area contributed by atoms with Crippen LogP contribution in [0.2, 0.25) is 0 Å². The molecule has 7 heteroatoms. The molecule has 0 unspecified atom stereocenters. The van der Waals surface area contributed by atoms with Crippen LogP contribution in [-0.4, -0.2) is 40.8 Å². The molecule has 0 bridgehead atoms. The van der Waals surface area contributed by atoms with Gasteiger partial charge in [0.25, 0.3) is 0 Å². The SMILES string of the molecule is CN(C)c1nc(N)nc(Oc2ccc(CCO)cc2)n1. The van der Waals surface area contributed by atoms with Crippen molar-refractivity contribution in [2.75, 3.05) is 31.3 Å².